The molecule has 0 aliphatic carbocycles. The van der Waals surface area contributed by atoms with Crippen molar-refractivity contribution in [1.29, 1.82) is 0 Å². The number of halogens is 1. The molecule has 1 aromatic rings. The molecule has 2 nitrogen and oxygen atoms in total. The van der Waals surface area contributed by atoms with Crippen LogP contribution in [0.1, 0.15) is 32.3 Å². The summed E-state index contributed by atoms with van der Waals surface area (Å²) in [6.45, 7) is 6.54. The Bertz CT molecular complexity index is 363. The Hall–Kier alpha value is -0.730. The Morgan fingerprint density at radius 2 is 2.00 bits per heavy atom. The van der Waals surface area contributed by atoms with Crippen molar-refractivity contribution >= 4 is 11.6 Å². The summed E-state index contributed by atoms with van der Waals surface area (Å²) in [5, 5.41) is 3.98. The lowest BCUT2D eigenvalue weighted by atomic mass is 9.83. The summed E-state index contributed by atoms with van der Waals surface area (Å²) >= 11 is 6.12. The molecule has 16 heavy (non-hydrogen) atoms. The normalized spacial score (nSPS) is 13.6. The van der Waals surface area contributed by atoms with Gasteiger partial charge in [0.05, 0.1) is 12.1 Å². The molecule has 1 aromatic carbocycles. The highest BCUT2D eigenvalue weighted by atomic mass is 35.5. The Labute approximate surface area is 103 Å². The molecule has 0 aromatic heterocycles. The van der Waals surface area contributed by atoms with E-state index >= 15 is 0 Å². The van der Waals surface area contributed by atoms with E-state index in [1.54, 1.807) is 7.11 Å². The van der Waals surface area contributed by atoms with E-state index in [0.29, 0.717) is 10.9 Å². The molecule has 1 atom stereocenters. The predicted molar refractivity (Wildman–Crippen MR) is 69.6 cm³/mol. The summed E-state index contributed by atoms with van der Waals surface area (Å²) in [6.07, 6.45) is 0. The molecule has 0 bridgehead atoms. The van der Waals surface area contributed by atoms with Gasteiger partial charge in [0.25, 0.3) is 0 Å². The molecule has 0 saturated carbocycles. The fourth-order valence-electron chi connectivity index (χ4n) is 1.59. The quantitative estimate of drug-likeness (QED) is 0.872. The molecule has 0 amide bonds. The zero-order valence-corrected chi connectivity index (χ0v) is 11.4. The second kappa shape index (κ2) is 5.07. The minimum absolute atomic E-state index is 0.0396. The van der Waals surface area contributed by atoms with E-state index in [1.807, 2.05) is 19.2 Å². The zero-order valence-electron chi connectivity index (χ0n) is 10.6. The average molecular weight is 242 g/mol. The minimum Gasteiger partial charge on any atom is -0.495 e. The third kappa shape index (κ3) is 2.69. The number of benzene rings is 1. The fraction of sp³-hybridized carbons (Fsp3) is 0.538. The van der Waals surface area contributed by atoms with Gasteiger partial charge < -0.3 is 10.1 Å². The van der Waals surface area contributed by atoms with Crippen LogP contribution in [0.15, 0.2) is 18.2 Å². The van der Waals surface area contributed by atoms with Crippen LogP contribution in [-0.2, 0) is 0 Å². The maximum Gasteiger partial charge on any atom is 0.137 e. The molecule has 0 fully saturated rings. The van der Waals surface area contributed by atoms with Crippen molar-refractivity contribution in [3.63, 3.8) is 0 Å². The van der Waals surface area contributed by atoms with E-state index in [4.69, 9.17) is 16.3 Å². The number of nitrogens with one attached hydrogen (secondary N) is 1. The van der Waals surface area contributed by atoms with Crippen molar-refractivity contribution in [2.45, 2.75) is 32.2 Å². The Morgan fingerprint density at radius 3 is 2.44 bits per heavy atom. The fourth-order valence-corrected chi connectivity index (χ4v) is 1.85. The third-order valence-corrected chi connectivity index (χ3v) is 3.70. The van der Waals surface area contributed by atoms with Crippen LogP contribution in [0.4, 0.5) is 0 Å². The molecule has 0 spiro atoms. The summed E-state index contributed by atoms with van der Waals surface area (Å²) < 4.78 is 5.14. The van der Waals surface area contributed by atoms with Gasteiger partial charge in [-0.25, -0.2) is 0 Å². The molecular weight excluding hydrogens is 222 g/mol. The Morgan fingerprint density at radius 1 is 1.38 bits per heavy atom. The molecular formula is C13H20ClNO. The van der Waals surface area contributed by atoms with Crippen molar-refractivity contribution in [2.75, 3.05) is 14.2 Å². The number of hydrogen-bond donors (Lipinski definition) is 1. The van der Waals surface area contributed by atoms with Crippen molar-refractivity contribution in [3.8, 4) is 5.75 Å². The van der Waals surface area contributed by atoms with Crippen molar-refractivity contribution in [1.82, 2.24) is 5.32 Å². The lowest BCUT2D eigenvalue weighted by Crippen LogP contribution is -2.41. The molecule has 0 saturated heterocycles. The van der Waals surface area contributed by atoms with Crippen LogP contribution in [0.25, 0.3) is 0 Å². The maximum absolute atomic E-state index is 6.12. The molecule has 1 unspecified atom stereocenters. The number of hydrogen-bond acceptors (Lipinski definition) is 2. The summed E-state index contributed by atoms with van der Waals surface area (Å²) in [4.78, 5) is 0. The molecule has 0 radical (unpaired) electrons. The standard InChI is InChI=1S/C13H20ClNO/c1-9(13(2,3)15-4)10-6-7-12(16-5)11(14)8-10/h6-9,15H,1-5H3. The first-order valence-electron chi connectivity index (χ1n) is 5.44. The zero-order chi connectivity index (χ0) is 12.3. The van der Waals surface area contributed by atoms with Crippen LogP contribution in [0.3, 0.4) is 0 Å². The molecule has 0 aliphatic heterocycles. The van der Waals surface area contributed by atoms with Crippen LogP contribution in [-0.4, -0.2) is 19.7 Å². The van der Waals surface area contributed by atoms with Gasteiger partial charge in [-0.05, 0) is 44.5 Å². The van der Waals surface area contributed by atoms with Gasteiger partial charge in [0.15, 0.2) is 0 Å². The minimum atomic E-state index is 0.0396. The number of likely N-dealkylation sites (N-methyl/N-ethyl adjacent to an activating group) is 1. The van der Waals surface area contributed by atoms with Gasteiger partial charge in [-0.3, -0.25) is 0 Å². The summed E-state index contributed by atoms with van der Waals surface area (Å²) in [5.41, 5.74) is 1.25. The van der Waals surface area contributed by atoms with E-state index in [0.717, 1.165) is 5.75 Å². The molecule has 0 aliphatic rings. The highest BCUT2D eigenvalue weighted by Gasteiger charge is 2.25. The molecule has 1 rings (SSSR count). The highest BCUT2D eigenvalue weighted by Crippen LogP contribution is 2.32. The average Bonchev–Trinajstić information content (AvgIpc) is 2.27. The van der Waals surface area contributed by atoms with Gasteiger partial charge >= 0.3 is 0 Å². The van der Waals surface area contributed by atoms with Crippen LogP contribution in [0, 0.1) is 0 Å². The van der Waals surface area contributed by atoms with Crippen LogP contribution >= 0.6 is 11.6 Å². The first kappa shape index (κ1) is 13.3. The lowest BCUT2D eigenvalue weighted by Gasteiger charge is -2.32. The SMILES string of the molecule is CNC(C)(C)C(C)c1ccc(OC)c(Cl)c1. The van der Waals surface area contributed by atoms with E-state index in [9.17, 15) is 0 Å². The largest absolute Gasteiger partial charge is 0.495 e. The van der Waals surface area contributed by atoms with Crippen molar-refractivity contribution in [3.05, 3.63) is 28.8 Å². The van der Waals surface area contributed by atoms with Crippen molar-refractivity contribution in [2.24, 2.45) is 0 Å². The van der Waals surface area contributed by atoms with Crippen LogP contribution < -0.4 is 10.1 Å². The first-order chi connectivity index (χ1) is 7.42. The Kier molecular flexibility index (Phi) is 4.22. The second-order valence-corrected chi connectivity index (χ2v) is 4.99. The monoisotopic (exact) mass is 241 g/mol. The van der Waals surface area contributed by atoms with Crippen LogP contribution in [0.2, 0.25) is 5.02 Å². The smallest absolute Gasteiger partial charge is 0.137 e. The molecule has 1 N–H and O–H groups in total. The van der Waals surface area contributed by atoms with E-state index in [1.165, 1.54) is 5.56 Å². The van der Waals surface area contributed by atoms with Gasteiger partial charge in [-0.1, -0.05) is 24.6 Å². The number of methoxy groups -OCH3 is 1. The molecule has 3 heteroatoms. The first-order valence-corrected chi connectivity index (χ1v) is 5.82. The lowest BCUT2D eigenvalue weighted by molar-refractivity contribution is 0.359. The van der Waals surface area contributed by atoms with Gasteiger partial charge in [-0.15, -0.1) is 0 Å². The summed E-state index contributed by atoms with van der Waals surface area (Å²) in [5.74, 6) is 1.10. The highest BCUT2D eigenvalue weighted by molar-refractivity contribution is 6.32. The number of rotatable bonds is 4. The third-order valence-electron chi connectivity index (χ3n) is 3.40. The second-order valence-electron chi connectivity index (χ2n) is 4.59. The summed E-state index contributed by atoms with van der Waals surface area (Å²) in [6, 6.07) is 5.96. The Balaban J connectivity index is 3.02. The van der Waals surface area contributed by atoms with E-state index < -0.39 is 0 Å². The van der Waals surface area contributed by atoms with Crippen LogP contribution in [0.5, 0.6) is 5.75 Å². The number of ether oxygens (including phenoxy) is 1. The van der Waals surface area contributed by atoms with Gasteiger partial charge in [0.1, 0.15) is 5.75 Å². The maximum atomic E-state index is 6.12. The van der Waals surface area contributed by atoms with Gasteiger partial charge in [-0.2, -0.15) is 0 Å². The van der Waals surface area contributed by atoms with Crippen molar-refractivity contribution < 1.29 is 4.74 Å². The summed E-state index contributed by atoms with van der Waals surface area (Å²) in [7, 11) is 3.60. The molecule has 90 valence electrons. The van der Waals surface area contributed by atoms with E-state index in [-0.39, 0.29) is 5.54 Å². The van der Waals surface area contributed by atoms with E-state index in [2.05, 4.69) is 32.2 Å². The predicted octanol–water partition coefficient (Wildman–Crippen LogP) is 3.45. The topological polar surface area (TPSA) is 21.3 Å². The molecule has 0 heterocycles. The van der Waals surface area contributed by atoms with Gasteiger partial charge in [0.2, 0.25) is 0 Å². The van der Waals surface area contributed by atoms with Gasteiger partial charge in [0, 0.05) is 5.54 Å².